The molecule has 7 nitrogen and oxygen atoms in total. The highest BCUT2D eigenvalue weighted by atomic mass is 16.5. The summed E-state index contributed by atoms with van der Waals surface area (Å²) in [5.41, 5.74) is 1.89. The van der Waals surface area contributed by atoms with Gasteiger partial charge >= 0.3 is 0 Å². The van der Waals surface area contributed by atoms with Gasteiger partial charge in [-0.2, -0.15) is 0 Å². The van der Waals surface area contributed by atoms with Gasteiger partial charge in [-0.15, -0.1) is 0 Å². The predicted molar refractivity (Wildman–Crippen MR) is 119 cm³/mol. The van der Waals surface area contributed by atoms with Gasteiger partial charge in [-0.1, -0.05) is 19.1 Å². The van der Waals surface area contributed by atoms with Gasteiger partial charge in [-0.3, -0.25) is 19.6 Å². The zero-order valence-corrected chi connectivity index (χ0v) is 17.6. The van der Waals surface area contributed by atoms with Gasteiger partial charge in [0.1, 0.15) is 11.5 Å². The Kier molecular flexibility index (Phi) is 6.26. The largest absolute Gasteiger partial charge is 0.507 e. The van der Waals surface area contributed by atoms with Crippen LogP contribution in [0, 0.1) is 0 Å². The number of rotatable bonds is 7. The predicted octanol–water partition coefficient (Wildman–Crippen LogP) is 3.89. The van der Waals surface area contributed by atoms with E-state index in [0.29, 0.717) is 23.5 Å². The van der Waals surface area contributed by atoms with E-state index in [2.05, 4.69) is 9.97 Å². The molecule has 1 amide bonds. The maximum absolute atomic E-state index is 13.0. The molecule has 3 heterocycles. The highest BCUT2D eigenvalue weighted by molar-refractivity contribution is 6.46. The van der Waals surface area contributed by atoms with Crippen LogP contribution < -0.4 is 4.74 Å². The molecule has 3 aromatic rings. The molecule has 0 spiro atoms. The fourth-order valence-corrected chi connectivity index (χ4v) is 3.70. The molecule has 4 rings (SSSR count). The number of ether oxygens (including phenoxy) is 1. The number of likely N-dealkylation sites (tertiary alicyclic amines) is 1. The van der Waals surface area contributed by atoms with Crippen LogP contribution in [0.2, 0.25) is 0 Å². The number of amides is 1. The second kappa shape index (κ2) is 9.43. The van der Waals surface area contributed by atoms with E-state index >= 15 is 0 Å². The monoisotopic (exact) mass is 429 g/mol. The summed E-state index contributed by atoms with van der Waals surface area (Å²) in [5.74, 6) is -0.962. The molecule has 2 aromatic heterocycles. The Morgan fingerprint density at radius 2 is 1.75 bits per heavy atom. The average Bonchev–Trinajstić information content (AvgIpc) is 3.09. The number of pyridine rings is 2. The molecule has 1 saturated heterocycles. The molecular weight excluding hydrogens is 406 g/mol. The summed E-state index contributed by atoms with van der Waals surface area (Å²) in [6.07, 6.45) is 7.39. The number of carbonyl (C=O) groups excluding carboxylic acids is 2. The van der Waals surface area contributed by atoms with Crippen molar-refractivity contribution < 1.29 is 19.4 Å². The summed E-state index contributed by atoms with van der Waals surface area (Å²) in [5, 5.41) is 11.1. The molecule has 0 bridgehead atoms. The zero-order chi connectivity index (χ0) is 22.5. The molecule has 1 aliphatic heterocycles. The van der Waals surface area contributed by atoms with Gasteiger partial charge in [-0.25, -0.2) is 0 Å². The van der Waals surface area contributed by atoms with Gasteiger partial charge in [0.05, 0.1) is 18.2 Å². The number of aromatic nitrogens is 2. The Morgan fingerprint density at radius 3 is 2.38 bits per heavy atom. The second-order valence-corrected chi connectivity index (χ2v) is 7.45. The number of ketones is 1. The minimum absolute atomic E-state index is 0.0362. The first-order chi connectivity index (χ1) is 15.6. The van der Waals surface area contributed by atoms with Crippen molar-refractivity contribution in [3.8, 4) is 5.75 Å². The molecule has 162 valence electrons. The highest BCUT2D eigenvalue weighted by Crippen LogP contribution is 2.40. The third-order valence-corrected chi connectivity index (χ3v) is 5.22. The lowest BCUT2D eigenvalue weighted by atomic mass is 9.96. The van der Waals surface area contributed by atoms with E-state index in [1.54, 1.807) is 67.3 Å². The van der Waals surface area contributed by atoms with Crippen LogP contribution in [-0.2, 0) is 16.1 Å². The van der Waals surface area contributed by atoms with Crippen molar-refractivity contribution in [3.05, 3.63) is 95.6 Å². The molecule has 0 radical (unpaired) electrons. The Balaban J connectivity index is 1.76. The highest BCUT2D eigenvalue weighted by Gasteiger charge is 2.46. The van der Waals surface area contributed by atoms with E-state index in [-0.39, 0.29) is 17.9 Å². The van der Waals surface area contributed by atoms with E-state index in [1.807, 2.05) is 13.0 Å². The number of carbonyl (C=O) groups is 2. The zero-order valence-electron chi connectivity index (χ0n) is 17.6. The molecule has 1 atom stereocenters. The quantitative estimate of drug-likeness (QED) is 0.348. The molecule has 1 N–H and O–H groups in total. The molecule has 32 heavy (non-hydrogen) atoms. The molecular formula is C25H23N3O4. The maximum atomic E-state index is 13.0. The van der Waals surface area contributed by atoms with Gasteiger partial charge in [0.2, 0.25) is 0 Å². The van der Waals surface area contributed by atoms with Crippen molar-refractivity contribution >= 4 is 17.4 Å². The Morgan fingerprint density at radius 1 is 1.03 bits per heavy atom. The third-order valence-electron chi connectivity index (χ3n) is 5.22. The van der Waals surface area contributed by atoms with Crippen LogP contribution >= 0.6 is 0 Å². The number of aliphatic hydroxyl groups excluding tert-OH is 1. The lowest BCUT2D eigenvalue weighted by Gasteiger charge is -2.25. The van der Waals surface area contributed by atoms with Crippen LogP contribution in [-0.4, -0.2) is 38.3 Å². The first-order valence-electron chi connectivity index (χ1n) is 10.4. The third kappa shape index (κ3) is 4.23. The summed E-state index contributed by atoms with van der Waals surface area (Å²) in [6.45, 7) is 2.79. The van der Waals surface area contributed by atoms with Crippen LogP contribution in [0.15, 0.2) is 78.9 Å². The van der Waals surface area contributed by atoms with Crippen LogP contribution in [0.3, 0.4) is 0 Å². The summed E-state index contributed by atoms with van der Waals surface area (Å²) in [4.78, 5) is 35.7. The molecule has 1 aromatic carbocycles. The fourth-order valence-electron chi connectivity index (χ4n) is 3.70. The van der Waals surface area contributed by atoms with Crippen LogP contribution in [0.4, 0.5) is 0 Å². The molecule has 0 unspecified atom stereocenters. The molecule has 1 fully saturated rings. The van der Waals surface area contributed by atoms with Crippen molar-refractivity contribution in [1.82, 2.24) is 14.9 Å². The Bertz CT molecular complexity index is 1130. The normalized spacial score (nSPS) is 17.5. The van der Waals surface area contributed by atoms with Crippen LogP contribution in [0.1, 0.15) is 36.1 Å². The van der Waals surface area contributed by atoms with Crippen molar-refractivity contribution in [1.29, 1.82) is 0 Å². The van der Waals surface area contributed by atoms with Gasteiger partial charge < -0.3 is 14.7 Å². The van der Waals surface area contributed by atoms with Gasteiger partial charge in [0.15, 0.2) is 0 Å². The minimum atomic E-state index is -0.764. The van der Waals surface area contributed by atoms with Crippen molar-refractivity contribution in [2.75, 3.05) is 6.61 Å². The van der Waals surface area contributed by atoms with Crippen molar-refractivity contribution in [3.63, 3.8) is 0 Å². The number of aliphatic hydroxyl groups is 1. The van der Waals surface area contributed by atoms with E-state index in [9.17, 15) is 14.7 Å². The second-order valence-electron chi connectivity index (χ2n) is 7.45. The van der Waals surface area contributed by atoms with E-state index in [1.165, 1.54) is 4.90 Å². The number of hydrogen-bond donors (Lipinski definition) is 1. The summed E-state index contributed by atoms with van der Waals surface area (Å²) in [7, 11) is 0. The average molecular weight is 429 g/mol. The first-order valence-corrected chi connectivity index (χ1v) is 10.4. The molecule has 0 saturated carbocycles. The van der Waals surface area contributed by atoms with Crippen LogP contribution in [0.25, 0.3) is 5.76 Å². The van der Waals surface area contributed by atoms with E-state index < -0.39 is 17.7 Å². The molecule has 0 aliphatic carbocycles. The molecule has 1 aliphatic rings. The minimum Gasteiger partial charge on any atom is -0.507 e. The summed E-state index contributed by atoms with van der Waals surface area (Å²) >= 11 is 0. The van der Waals surface area contributed by atoms with Gasteiger partial charge in [0.25, 0.3) is 11.7 Å². The fraction of sp³-hybridized carbons (Fsp3) is 0.200. The van der Waals surface area contributed by atoms with Crippen LogP contribution in [0.5, 0.6) is 5.75 Å². The topological polar surface area (TPSA) is 92.6 Å². The SMILES string of the molecule is CCCOc1ccc(/C(O)=C2\C(=O)C(=O)N(Cc3cccnc3)[C@@H]2c2cccnc2)cc1. The number of hydrogen-bond acceptors (Lipinski definition) is 6. The van der Waals surface area contributed by atoms with E-state index in [4.69, 9.17) is 4.74 Å². The standard InChI is InChI=1S/C25H23N3O4/c1-2-13-32-20-9-7-18(8-10-20)23(29)21-22(19-6-4-12-27-15-19)28(25(31)24(21)30)16-17-5-3-11-26-14-17/h3-12,14-15,22,29H,2,13,16H2,1H3/b23-21+/t22-/m1/s1. The maximum Gasteiger partial charge on any atom is 0.295 e. The van der Waals surface area contributed by atoms with Gasteiger partial charge in [0, 0.05) is 36.9 Å². The lowest BCUT2D eigenvalue weighted by Crippen LogP contribution is -2.29. The lowest BCUT2D eigenvalue weighted by molar-refractivity contribution is -0.140. The molecule has 7 heteroatoms. The van der Waals surface area contributed by atoms with Gasteiger partial charge in [-0.05, 0) is 53.9 Å². The number of benzene rings is 1. The summed E-state index contributed by atoms with van der Waals surface area (Å²) < 4.78 is 5.59. The van der Waals surface area contributed by atoms with Crippen molar-refractivity contribution in [2.24, 2.45) is 0 Å². The Hall–Kier alpha value is -4.00. The van der Waals surface area contributed by atoms with Crippen molar-refractivity contribution in [2.45, 2.75) is 25.9 Å². The van der Waals surface area contributed by atoms with E-state index in [0.717, 1.165) is 12.0 Å². The number of Topliss-reactive ketones (excluding diaryl/α,β-unsaturated/α-hetero) is 1. The number of nitrogens with zero attached hydrogens (tertiary/aromatic N) is 3. The Labute approximate surface area is 186 Å². The first kappa shape index (κ1) is 21.2. The summed E-state index contributed by atoms with van der Waals surface area (Å²) in [6, 6.07) is 13.2. The smallest absolute Gasteiger partial charge is 0.295 e.